The Bertz CT molecular complexity index is 296. The van der Waals surface area contributed by atoms with Gasteiger partial charge in [-0.15, -0.1) is 22.9 Å². The van der Waals surface area contributed by atoms with Gasteiger partial charge in [-0.1, -0.05) is 26.7 Å². The lowest BCUT2D eigenvalue weighted by atomic mass is 9.94. The first-order valence-electron chi connectivity index (χ1n) is 6.00. The van der Waals surface area contributed by atoms with E-state index < -0.39 is 0 Å². The van der Waals surface area contributed by atoms with Crippen molar-refractivity contribution in [2.75, 3.05) is 0 Å². The van der Waals surface area contributed by atoms with E-state index in [1.54, 1.807) is 0 Å². The number of hydrogen-bond donors (Lipinski definition) is 0. The van der Waals surface area contributed by atoms with Gasteiger partial charge in [-0.25, -0.2) is 0 Å². The molecular weight excluding hydrogens is 304 g/mol. The Morgan fingerprint density at radius 1 is 1.31 bits per heavy atom. The van der Waals surface area contributed by atoms with Crippen LogP contribution in [0.25, 0.3) is 0 Å². The van der Waals surface area contributed by atoms with E-state index in [9.17, 15) is 0 Å². The molecule has 0 N–H and O–H groups in total. The Balaban J connectivity index is 2.76. The molecule has 1 atom stereocenters. The summed E-state index contributed by atoms with van der Waals surface area (Å²) in [5.74, 6) is 0.626. The Morgan fingerprint density at radius 3 is 2.25 bits per heavy atom. The van der Waals surface area contributed by atoms with Crippen molar-refractivity contribution in [1.29, 1.82) is 0 Å². The molecular formula is C13H20BrClS. The zero-order valence-electron chi connectivity index (χ0n) is 10.2. The van der Waals surface area contributed by atoms with Crippen molar-refractivity contribution >= 4 is 38.9 Å². The standard InChI is InChI=1S/C13H20BrClS/c1-4-6-10(7-5-2)13(15)12-8-11(14)9(3)16-12/h8,10,13H,4-7H2,1-3H3. The summed E-state index contributed by atoms with van der Waals surface area (Å²) in [6.45, 7) is 6.61. The number of halogens is 2. The van der Waals surface area contributed by atoms with E-state index in [1.807, 2.05) is 11.3 Å². The predicted octanol–water partition coefficient (Wildman–Crippen LogP) is 6.32. The summed E-state index contributed by atoms with van der Waals surface area (Å²) in [6, 6.07) is 2.19. The van der Waals surface area contributed by atoms with E-state index in [1.165, 1.54) is 39.9 Å². The summed E-state index contributed by atoms with van der Waals surface area (Å²) in [7, 11) is 0. The van der Waals surface area contributed by atoms with Gasteiger partial charge >= 0.3 is 0 Å². The lowest BCUT2D eigenvalue weighted by Gasteiger charge is -2.20. The minimum atomic E-state index is 0.190. The van der Waals surface area contributed by atoms with Crippen LogP contribution in [0.2, 0.25) is 0 Å². The van der Waals surface area contributed by atoms with Gasteiger partial charge in [-0.2, -0.15) is 0 Å². The van der Waals surface area contributed by atoms with Crippen LogP contribution in [0.4, 0.5) is 0 Å². The van der Waals surface area contributed by atoms with Crippen molar-refractivity contribution in [3.8, 4) is 0 Å². The molecule has 0 radical (unpaired) electrons. The minimum absolute atomic E-state index is 0.190. The molecule has 1 unspecified atom stereocenters. The molecule has 1 rings (SSSR count). The van der Waals surface area contributed by atoms with Crippen molar-refractivity contribution in [1.82, 2.24) is 0 Å². The van der Waals surface area contributed by atoms with E-state index in [0.717, 1.165) is 0 Å². The average molecular weight is 324 g/mol. The third kappa shape index (κ3) is 3.75. The number of aryl methyl sites for hydroxylation is 1. The molecule has 1 heterocycles. The minimum Gasteiger partial charge on any atom is -0.143 e. The first kappa shape index (κ1) is 14.5. The lowest BCUT2D eigenvalue weighted by Crippen LogP contribution is -2.06. The van der Waals surface area contributed by atoms with Crippen LogP contribution in [0, 0.1) is 12.8 Å². The van der Waals surface area contributed by atoms with Crippen LogP contribution >= 0.6 is 38.9 Å². The second-order valence-corrected chi connectivity index (χ2v) is 6.90. The Morgan fingerprint density at radius 2 is 1.88 bits per heavy atom. The van der Waals surface area contributed by atoms with Crippen molar-refractivity contribution in [2.24, 2.45) is 5.92 Å². The van der Waals surface area contributed by atoms with Gasteiger partial charge in [0.05, 0.1) is 5.38 Å². The highest BCUT2D eigenvalue weighted by Crippen LogP contribution is 2.40. The molecule has 16 heavy (non-hydrogen) atoms. The summed E-state index contributed by atoms with van der Waals surface area (Å²) in [5, 5.41) is 0.190. The Labute approximate surface area is 117 Å². The molecule has 0 fully saturated rings. The summed E-state index contributed by atoms with van der Waals surface area (Å²) in [6.07, 6.45) is 4.91. The van der Waals surface area contributed by atoms with Gasteiger partial charge in [-0.3, -0.25) is 0 Å². The van der Waals surface area contributed by atoms with Crippen LogP contribution < -0.4 is 0 Å². The summed E-state index contributed by atoms with van der Waals surface area (Å²) in [5.41, 5.74) is 0. The summed E-state index contributed by atoms with van der Waals surface area (Å²) < 4.78 is 1.20. The van der Waals surface area contributed by atoms with E-state index in [-0.39, 0.29) is 5.38 Å². The maximum absolute atomic E-state index is 6.60. The molecule has 0 aliphatic heterocycles. The molecule has 0 aromatic carbocycles. The van der Waals surface area contributed by atoms with E-state index in [4.69, 9.17) is 11.6 Å². The fourth-order valence-electron chi connectivity index (χ4n) is 2.03. The summed E-state index contributed by atoms with van der Waals surface area (Å²) >= 11 is 12.0. The molecule has 0 saturated heterocycles. The summed E-state index contributed by atoms with van der Waals surface area (Å²) in [4.78, 5) is 2.64. The molecule has 0 amide bonds. The number of rotatable bonds is 6. The van der Waals surface area contributed by atoms with Crippen LogP contribution in [0.15, 0.2) is 10.5 Å². The topological polar surface area (TPSA) is 0 Å². The van der Waals surface area contributed by atoms with Crippen molar-refractivity contribution in [3.63, 3.8) is 0 Å². The fourth-order valence-corrected chi connectivity index (χ4v) is 4.11. The molecule has 3 heteroatoms. The van der Waals surface area contributed by atoms with Crippen LogP contribution in [0.1, 0.15) is 54.7 Å². The smallest absolute Gasteiger partial charge is 0.0707 e. The first-order valence-corrected chi connectivity index (χ1v) is 8.04. The number of alkyl halides is 1. The van der Waals surface area contributed by atoms with Gasteiger partial charge in [0.25, 0.3) is 0 Å². The highest BCUT2D eigenvalue weighted by atomic mass is 79.9. The van der Waals surface area contributed by atoms with Crippen molar-refractivity contribution < 1.29 is 0 Å². The highest BCUT2D eigenvalue weighted by molar-refractivity contribution is 9.10. The lowest BCUT2D eigenvalue weighted by molar-refractivity contribution is 0.429. The maximum Gasteiger partial charge on any atom is 0.0707 e. The van der Waals surface area contributed by atoms with Crippen LogP contribution in [0.3, 0.4) is 0 Å². The molecule has 0 saturated carbocycles. The van der Waals surface area contributed by atoms with Gasteiger partial charge in [0.2, 0.25) is 0 Å². The zero-order valence-corrected chi connectivity index (χ0v) is 13.4. The first-order chi connectivity index (χ1) is 7.60. The third-order valence-electron chi connectivity index (χ3n) is 2.88. The predicted molar refractivity (Wildman–Crippen MR) is 78.7 cm³/mol. The normalized spacial score (nSPS) is 13.4. The molecule has 92 valence electrons. The highest BCUT2D eigenvalue weighted by Gasteiger charge is 2.21. The monoisotopic (exact) mass is 322 g/mol. The van der Waals surface area contributed by atoms with Crippen LogP contribution in [0.5, 0.6) is 0 Å². The maximum atomic E-state index is 6.60. The molecule has 1 aromatic rings. The molecule has 0 spiro atoms. The second-order valence-electron chi connectivity index (χ2n) is 4.29. The van der Waals surface area contributed by atoms with Crippen LogP contribution in [-0.2, 0) is 0 Å². The van der Waals surface area contributed by atoms with E-state index >= 15 is 0 Å². The molecule has 0 nitrogen and oxygen atoms in total. The Kier molecular flexibility index (Phi) is 6.38. The molecule has 0 aliphatic carbocycles. The number of thiophene rings is 1. The van der Waals surface area contributed by atoms with Gasteiger partial charge in [0.15, 0.2) is 0 Å². The largest absolute Gasteiger partial charge is 0.143 e. The number of hydrogen-bond acceptors (Lipinski definition) is 1. The molecule has 0 aliphatic rings. The van der Waals surface area contributed by atoms with E-state index in [0.29, 0.717) is 5.92 Å². The molecule has 1 aromatic heterocycles. The average Bonchev–Trinajstić information content (AvgIpc) is 2.58. The molecule has 0 bridgehead atoms. The van der Waals surface area contributed by atoms with E-state index in [2.05, 4.69) is 42.8 Å². The second kappa shape index (κ2) is 7.03. The van der Waals surface area contributed by atoms with Gasteiger partial charge in [0.1, 0.15) is 0 Å². The fraction of sp³-hybridized carbons (Fsp3) is 0.692. The van der Waals surface area contributed by atoms with Gasteiger partial charge in [-0.05, 0) is 47.7 Å². The Hall–Kier alpha value is 0.470. The SMILES string of the molecule is CCCC(CCC)C(Cl)c1cc(Br)c(C)s1. The quantitative estimate of drug-likeness (QED) is 0.538. The van der Waals surface area contributed by atoms with Gasteiger partial charge < -0.3 is 0 Å². The van der Waals surface area contributed by atoms with Crippen molar-refractivity contribution in [2.45, 2.75) is 51.8 Å². The van der Waals surface area contributed by atoms with Crippen LogP contribution in [-0.4, -0.2) is 0 Å². The third-order valence-corrected chi connectivity index (χ3v) is 5.82. The zero-order chi connectivity index (χ0) is 12.1. The van der Waals surface area contributed by atoms with Crippen molar-refractivity contribution in [3.05, 3.63) is 20.3 Å². The van der Waals surface area contributed by atoms with Gasteiger partial charge in [0, 0.05) is 14.2 Å².